The zero-order chi connectivity index (χ0) is 20.2. The van der Waals surface area contributed by atoms with Crippen molar-refractivity contribution in [2.45, 2.75) is 104 Å². The predicted octanol–water partition coefficient (Wildman–Crippen LogP) is 6.10. The van der Waals surface area contributed by atoms with Gasteiger partial charge in [0.15, 0.2) is 0 Å². The SMILES string of the molecule is CCCCCCCCCCCCCCCOC(=O)CN(CC)C(=O)OCC. The van der Waals surface area contributed by atoms with Crippen LogP contribution in [0.25, 0.3) is 0 Å². The number of amides is 1. The van der Waals surface area contributed by atoms with Gasteiger partial charge in [-0.3, -0.25) is 9.69 Å². The fourth-order valence-corrected chi connectivity index (χ4v) is 3.03. The molecule has 0 aromatic carbocycles. The predicted molar refractivity (Wildman–Crippen MR) is 111 cm³/mol. The number of likely N-dealkylation sites (N-methyl/N-ethyl adjacent to an activating group) is 1. The maximum Gasteiger partial charge on any atom is 0.410 e. The summed E-state index contributed by atoms with van der Waals surface area (Å²) in [6, 6.07) is 0. The Hall–Kier alpha value is -1.26. The van der Waals surface area contributed by atoms with Crippen LogP contribution < -0.4 is 0 Å². The minimum Gasteiger partial charge on any atom is -0.464 e. The average molecular weight is 386 g/mol. The highest BCUT2D eigenvalue weighted by Crippen LogP contribution is 2.12. The molecule has 0 saturated heterocycles. The van der Waals surface area contributed by atoms with Crippen LogP contribution in [0, 0.1) is 0 Å². The Morgan fingerprint density at radius 1 is 0.667 bits per heavy atom. The number of carbonyl (C=O) groups is 2. The van der Waals surface area contributed by atoms with Crippen LogP contribution in [0.2, 0.25) is 0 Å². The normalized spacial score (nSPS) is 10.6. The van der Waals surface area contributed by atoms with Crippen molar-refractivity contribution in [2.75, 3.05) is 26.3 Å². The lowest BCUT2D eigenvalue weighted by Crippen LogP contribution is -2.36. The molecule has 0 radical (unpaired) electrons. The van der Waals surface area contributed by atoms with Gasteiger partial charge in [-0.05, 0) is 20.3 Å². The number of rotatable bonds is 18. The summed E-state index contributed by atoms with van der Waals surface area (Å²) in [7, 11) is 0. The summed E-state index contributed by atoms with van der Waals surface area (Å²) in [5.74, 6) is -0.358. The fourth-order valence-electron chi connectivity index (χ4n) is 3.03. The summed E-state index contributed by atoms with van der Waals surface area (Å²) in [4.78, 5) is 24.7. The van der Waals surface area contributed by atoms with E-state index < -0.39 is 6.09 Å². The van der Waals surface area contributed by atoms with Gasteiger partial charge in [0.25, 0.3) is 0 Å². The number of hydrogen-bond donors (Lipinski definition) is 0. The lowest BCUT2D eigenvalue weighted by atomic mass is 10.0. The largest absolute Gasteiger partial charge is 0.464 e. The Morgan fingerprint density at radius 3 is 1.59 bits per heavy atom. The Morgan fingerprint density at radius 2 is 1.15 bits per heavy atom. The van der Waals surface area contributed by atoms with Gasteiger partial charge in [-0.25, -0.2) is 4.79 Å². The molecular weight excluding hydrogens is 342 g/mol. The molecule has 160 valence electrons. The van der Waals surface area contributed by atoms with Crippen molar-refractivity contribution >= 4 is 12.1 Å². The molecule has 0 N–H and O–H groups in total. The third-order valence-corrected chi connectivity index (χ3v) is 4.74. The van der Waals surface area contributed by atoms with E-state index in [0.29, 0.717) is 19.8 Å². The van der Waals surface area contributed by atoms with Gasteiger partial charge in [0.05, 0.1) is 13.2 Å². The van der Waals surface area contributed by atoms with E-state index in [4.69, 9.17) is 9.47 Å². The topological polar surface area (TPSA) is 55.8 Å². The Balaban J connectivity index is 3.41. The summed E-state index contributed by atoms with van der Waals surface area (Å²) in [5, 5.41) is 0. The minimum absolute atomic E-state index is 0.0340. The molecule has 0 unspecified atom stereocenters. The van der Waals surface area contributed by atoms with Crippen LogP contribution in [0.5, 0.6) is 0 Å². The molecule has 0 aliphatic rings. The summed E-state index contributed by atoms with van der Waals surface area (Å²) in [5.41, 5.74) is 0. The molecule has 27 heavy (non-hydrogen) atoms. The van der Waals surface area contributed by atoms with Crippen molar-refractivity contribution < 1.29 is 19.1 Å². The molecule has 0 saturated carbocycles. The van der Waals surface area contributed by atoms with Crippen molar-refractivity contribution in [3.05, 3.63) is 0 Å². The van der Waals surface area contributed by atoms with E-state index in [2.05, 4.69) is 6.92 Å². The molecule has 0 rings (SSSR count). The first kappa shape index (κ1) is 25.7. The third-order valence-electron chi connectivity index (χ3n) is 4.74. The molecule has 0 fully saturated rings. The van der Waals surface area contributed by atoms with Crippen LogP contribution in [-0.2, 0) is 14.3 Å². The molecule has 0 aromatic rings. The second kappa shape index (κ2) is 19.5. The Bertz CT molecular complexity index is 360. The maximum atomic E-state index is 11.8. The molecule has 0 spiro atoms. The Labute approximate surface area is 167 Å². The van der Waals surface area contributed by atoms with Crippen LogP contribution in [0.3, 0.4) is 0 Å². The first-order valence-corrected chi connectivity index (χ1v) is 11.2. The number of ether oxygens (including phenoxy) is 2. The first-order chi connectivity index (χ1) is 13.2. The number of carbonyl (C=O) groups excluding carboxylic acids is 2. The van der Waals surface area contributed by atoms with Crippen LogP contribution in [0.1, 0.15) is 104 Å². The monoisotopic (exact) mass is 385 g/mol. The summed E-state index contributed by atoms with van der Waals surface area (Å²) >= 11 is 0. The zero-order valence-corrected chi connectivity index (χ0v) is 18.1. The molecule has 0 atom stereocenters. The van der Waals surface area contributed by atoms with E-state index in [1.165, 1.54) is 75.5 Å². The van der Waals surface area contributed by atoms with E-state index in [-0.39, 0.29) is 12.5 Å². The van der Waals surface area contributed by atoms with E-state index in [9.17, 15) is 9.59 Å². The highest BCUT2D eigenvalue weighted by Gasteiger charge is 2.16. The van der Waals surface area contributed by atoms with E-state index in [1.54, 1.807) is 6.92 Å². The van der Waals surface area contributed by atoms with Gasteiger partial charge < -0.3 is 9.47 Å². The molecule has 0 aliphatic carbocycles. The van der Waals surface area contributed by atoms with Crippen molar-refractivity contribution in [1.29, 1.82) is 0 Å². The molecular formula is C22H43NO4. The van der Waals surface area contributed by atoms with Crippen LogP contribution in [0.15, 0.2) is 0 Å². The van der Waals surface area contributed by atoms with Crippen LogP contribution in [0.4, 0.5) is 4.79 Å². The van der Waals surface area contributed by atoms with Crippen molar-refractivity contribution in [2.24, 2.45) is 0 Å². The molecule has 0 heterocycles. The first-order valence-electron chi connectivity index (χ1n) is 11.2. The van der Waals surface area contributed by atoms with Gasteiger partial charge in [-0.15, -0.1) is 0 Å². The molecule has 0 aliphatic heterocycles. The molecule has 0 bridgehead atoms. The van der Waals surface area contributed by atoms with Crippen LogP contribution >= 0.6 is 0 Å². The lowest BCUT2D eigenvalue weighted by Gasteiger charge is -2.18. The van der Waals surface area contributed by atoms with Gasteiger partial charge in [-0.2, -0.15) is 0 Å². The van der Waals surface area contributed by atoms with E-state index >= 15 is 0 Å². The highest BCUT2D eigenvalue weighted by atomic mass is 16.6. The van der Waals surface area contributed by atoms with Crippen molar-refractivity contribution in [3.8, 4) is 0 Å². The van der Waals surface area contributed by atoms with Crippen molar-refractivity contribution in [3.63, 3.8) is 0 Å². The van der Waals surface area contributed by atoms with E-state index in [1.807, 2.05) is 6.92 Å². The van der Waals surface area contributed by atoms with Crippen LogP contribution in [-0.4, -0.2) is 43.3 Å². The summed E-state index contributed by atoms with van der Waals surface area (Å²) in [6.07, 6.45) is 16.4. The third kappa shape index (κ3) is 16.6. The smallest absolute Gasteiger partial charge is 0.410 e. The van der Waals surface area contributed by atoms with Gasteiger partial charge in [0, 0.05) is 6.54 Å². The minimum atomic E-state index is -0.460. The maximum absolute atomic E-state index is 11.8. The molecule has 0 aromatic heterocycles. The summed E-state index contributed by atoms with van der Waals surface area (Å²) < 4.78 is 10.1. The van der Waals surface area contributed by atoms with Gasteiger partial charge in [0.2, 0.25) is 0 Å². The van der Waals surface area contributed by atoms with E-state index in [0.717, 1.165) is 12.8 Å². The lowest BCUT2D eigenvalue weighted by molar-refractivity contribution is -0.144. The number of hydrogen-bond acceptors (Lipinski definition) is 4. The highest BCUT2D eigenvalue weighted by molar-refractivity contribution is 5.78. The number of unbranched alkanes of at least 4 members (excludes halogenated alkanes) is 12. The molecule has 5 heteroatoms. The Kier molecular flexibility index (Phi) is 18.6. The molecule has 5 nitrogen and oxygen atoms in total. The number of nitrogens with zero attached hydrogens (tertiary/aromatic N) is 1. The second-order valence-electron chi connectivity index (χ2n) is 7.18. The summed E-state index contributed by atoms with van der Waals surface area (Å²) in [6.45, 7) is 6.98. The standard InChI is InChI=1S/C22H43NO4/c1-4-7-8-9-10-11-12-13-14-15-16-17-18-19-27-21(24)20-23(5-2)22(25)26-6-3/h4-20H2,1-3H3. The quantitative estimate of drug-likeness (QED) is 0.211. The fraction of sp³-hybridized carbons (Fsp3) is 0.909. The molecule has 1 amide bonds. The van der Waals surface area contributed by atoms with Gasteiger partial charge in [0.1, 0.15) is 6.54 Å². The number of esters is 1. The second-order valence-corrected chi connectivity index (χ2v) is 7.18. The zero-order valence-electron chi connectivity index (χ0n) is 18.1. The van der Waals surface area contributed by atoms with Gasteiger partial charge in [-0.1, -0.05) is 84.0 Å². The average Bonchev–Trinajstić information content (AvgIpc) is 2.66. The van der Waals surface area contributed by atoms with Gasteiger partial charge >= 0.3 is 12.1 Å². The van der Waals surface area contributed by atoms with Crippen molar-refractivity contribution in [1.82, 2.24) is 4.90 Å².